The molecule has 1 aromatic rings. The van der Waals surface area contributed by atoms with Crippen molar-refractivity contribution in [1.29, 1.82) is 0 Å². The molecule has 0 spiro atoms. The normalized spacial score (nSPS) is 12.4. The lowest BCUT2D eigenvalue weighted by atomic mass is 10.2. The van der Waals surface area contributed by atoms with Crippen LogP contribution in [-0.4, -0.2) is 25.7 Å². The summed E-state index contributed by atoms with van der Waals surface area (Å²) in [4.78, 5) is 10.9. The van der Waals surface area contributed by atoms with Gasteiger partial charge < -0.3 is 10.4 Å². The molecule has 18 heavy (non-hydrogen) atoms. The summed E-state index contributed by atoms with van der Waals surface area (Å²) in [5.41, 5.74) is 1.92. The average Bonchev–Trinajstić information content (AvgIpc) is 2.25. The van der Waals surface area contributed by atoms with E-state index in [1.165, 1.54) is 12.1 Å². The first kappa shape index (κ1) is 14.7. The van der Waals surface area contributed by atoms with Crippen molar-refractivity contribution in [1.82, 2.24) is 0 Å². The second kappa shape index (κ2) is 5.98. The van der Waals surface area contributed by atoms with Crippen molar-refractivity contribution in [3.63, 3.8) is 0 Å². The van der Waals surface area contributed by atoms with Crippen molar-refractivity contribution in [3.05, 3.63) is 35.9 Å². The lowest BCUT2D eigenvalue weighted by molar-refractivity contribution is -0.114. The summed E-state index contributed by atoms with van der Waals surface area (Å²) >= 11 is 0. The molecule has 2 N–H and O–H groups in total. The number of aliphatic hydroxyl groups excluding tert-OH is 1. The molecule has 98 valence electrons. The fourth-order valence-corrected chi connectivity index (χ4v) is 3.62. The highest BCUT2D eigenvalue weighted by molar-refractivity contribution is 6.93. The van der Waals surface area contributed by atoms with Gasteiger partial charge in [-0.3, -0.25) is 4.79 Å². The van der Waals surface area contributed by atoms with Crippen molar-refractivity contribution >= 4 is 24.9 Å². The number of rotatable bonds is 4. The van der Waals surface area contributed by atoms with Gasteiger partial charge in [0.2, 0.25) is 5.91 Å². The molecule has 4 heteroatoms. The van der Waals surface area contributed by atoms with E-state index in [1.54, 1.807) is 0 Å². The van der Waals surface area contributed by atoms with Gasteiger partial charge in [-0.05, 0) is 17.7 Å². The molecule has 0 radical (unpaired) electrons. The molecule has 0 aliphatic carbocycles. The molecule has 0 aliphatic heterocycles. The smallest absolute Gasteiger partial charge is 0.221 e. The highest BCUT2D eigenvalue weighted by atomic mass is 28.3. The number of anilines is 1. The van der Waals surface area contributed by atoms with Crippen LogP contribution in [0.1, 0.15) is 12.5 Å². The van der Waals surface area contributed by atoms with Crippen molar-refractivity contribution in [2.75, 3.05) is 11.9 Å². The number of amides is 1. The molecule has 0 saturated heterocycles. The largest absolute Gasteiger partial charge is 0.392 e. The topological polar surface area (TPSA) is 49.3 Å². The molecule has 0 bridgehead atoms. The first-order valence-corrected chi connectivity index (χ1v) is 9.54. The second-order valence-corrected chi connectivity index (χ2v) is 10.3. The Morgan fingerprint density at radius 3 is 2.22 bits per heavy atom. The maximum absolute atomic E-state index is 10.9. The quantitative estimate of drug-likeness (QED) is 0.821. The van der Waals surface area contributed by atoms with Crippen LogP contribution in [-0.2, 0) is 4.79 Å². The number of carbonyl (C=O) groups excluding carboxylic acids is 1. The predicted octanol–water partition coefficient (Wildman–Crippen LogP) is 2.90. The van der Waals surface area contributed by atoms with Crippen LogP contribution in [0.5, 0.6) is 0 Å². The number of benzene rings is 1. The standard InChI is InChI=1S/C14H21NO2Si/c1-11(17)15-13-7-5-12(6-8-13)14(9-10-16)18(2,3)4/h5-9,16H,10H2,1-4H3,(H,15,17)/b14-9+. The molecule has 0 atom stereocenters. The van der Waals surface area contributed by atoms with E-state index in [1.807, 2.05) is 30.3 Å². The third-order valence-electron chi connectivity index (χ3n) is 2.62. The van der Waals surface area contributed by atoms with Crippen molar-refractivity contribution in [3.8, 4) is 0 Å². The molecular formula is C14H21NO2Si. The zero-order chi connectivity index (χ0) is 13.8. The summed E-state index contributed by atoms with van der Waals surface area (Å²) in [6, 6.07) is 7.76. The van der Waals surface area contributed by atoms with Crippen LogP contribution in [0, 0.1) is 0 Å². The Morgan fingerprint density at radius 1 is 1.28 bits per heavy atom. The maximum Gasteiger partial charge on any atom is 0.221 e. The Balaban J connectivity index is 3.02. The van der Waals surface area contributed by atoms with Gasteiger partial charge in [0, 0.05) is 12.6 Å². The Kier molecular flexibility index (Phi) is 4.87. The Hall–Kier alpha value is -1.39. The van der Waals surface area contributed by atoms with Gasteiger partial charge in [-0.15, -0.1) is 0 Å². The summed E-state index contributed by atoms with van der Waals surface area (Å²) in [6.45, 7) is 8.29. The number of hydrogen-bond acceptors (Lipinski definition) is 2. The van der Waals surface area contributed by atoms with Gasteiger partial charge in [0.1, 0.15) is 0 Å². The molecule has 0 unspecified atom stereocenters. The van der Waals surface area contributed by atoms with Crippen LogP contribution in [0.3, 0.4) is 0 Å². The first-order valence-electron chi connectivity index (χ1n) is 6.04. The molecule has 3 nitrogen and oxygen atoms in total. The Morgan fingerprint density at radius 2 is 1.83 bits per heavy atom. The van der Waals surface area contributed by atoms with Crippen LogP contribution < -0.4 is 5.32 Å². The van der Waals surface area contributed by atoms with E-state index >= 15 is 0 Å². The van der Waals surface area contributed by atoms with Crippen molar-refractivity contribution in [2.45, 2.75) is 26.6 Å². The Labute approximate surface area is 110 Å². The predicted molar refractivity (Wildman–Crippen MR) is 79.2 cm³/mol. The summed E-state index contributed by atoms with van der Waals surface area (Å²) in [5.74, 6) is -0.0703. The van der Waals surface area contributed by atoms with Gasteiger partial charge in [0.05, 0.1) is 14.7 Å². The van der Waals surface area contributed by atoms with Crippen LogP contribution in [0.4, 0.5) is 5.69 Å². The molecule has 1 amide bonds. The number of nitrogens with one attached hydrogen (secondary N) is 1. The van der Waals surface area contributed by atoms with Crippen LogP contribution >= 0.6 is 0 Å². The fourth-order valence-electron chi connectivity index (χ4n) is 1.88. The van der Waals surface area contributed by atoms with E-state index in [9.17, 15) is 4.79 Å². The SMILES string of the molecule is CC(=O)Nc1ccc(/C(=C\CO)[Si](C)(C)C)cc1. The van der Waals surface area contributed by atoms with Crippen LogP contribution in [0.2, 0.25) is 19.6 Å². The van der Waals surface area contributed by atoms with Gasteiger partial charge >= 0.3 is 0 Å². The van der Waals surface area contributed by atoms with E-state index in [4.69, 9.17) is 5.11 Å². The molecule has 0 fully saturated rings. The highest BCUT2D eigenvalue weighted by Gasteiger charge is 2.20. The van der Waals surface area contributed by atoms with Crippen molar-refractivity contribution in [2.24, 2.45) is 0 Å². The molecule has 1 aromatic carbocycles. The minimum atomic E-state index is -1.48. The van der Waals surface area contributed by atoms with E-state index in [-0.39, 0.29) is 12.5 Å². The van der Waals surface area contributed by atoms with E-state index in [0.717, 1.165) is 11.3 Å². The van der Waals surface area contributed by atoms with Crippen LogP contribution in [0.25, 0.3) is 5.20 Å². The summed E-state index contributed by atoms with van der Waals surface area (Å²) in [5, 5.41) is 13.1. The molecular weight excluding hydrogens is 242 g/mol. The third kappa shape index (κ3) is 4.12. The molecule has 0 aliphatic rings. The van der Waals surface area contributed by atoms with Gasteiger partial charge in [-0.25, -0.2) is 0 Å². The monoisotopic (exact) mass is 263 g/mol. The molecule has 0 aromatic heterocycles. The van der Waals surface area contributed by atoms with Gasteiger partial charge in [0.25, 0.3) is 0 Å². The zero-order valence-corrected chi connectivity index (χ0v) is 12.4. The summed E-state index contributed by atoms with van der Waals surface area (Å²) in [6.07, 6.45) is 1.89. The van der Waals surface area contributed by atoms with Crippen molar-refractivity contribution < 1.29 is 9.90 Å². The molecule has 0 heterocycles. The Bertz CT molecular complexity index is 444. The summed E-state index contributed by atoms with van der Waals surface area (Å²) < 4.78 is 0. The molecule has 1 rings (SSSR count). The van der Waals surface area contributed by atoms with E-state index < -0.39 is 8.07 Å². The lowest BCUT2D eigenvalue weighted by Crippen LogP contribution is -2.23. The van der Waals surface area contributed by atoms with Gasteiger partial charge in [-0.2, -0.15) is 0 Å². The lowest BCUT2D eigenvalue weighted by Gasteiger charge is -2.21. The minimum Gasteiger partial charge on any atom is -0.392 e. The number of hydrogen-bond donors (Lipinski definition) is 2. The number of aliphatic hydroxyl groups is 1. The second-order valence-electron chi connectivity index (χ2n) is 5.31. The molecule has 0 saturated carbocycles. The summed E-state index contributed by atoms with van der Waals surface area (Å²) in [7, 11) is -1.48. The maximum atomic E-state index is 10.9. The third-order valence-corrected chi connectivity index (χ3v) is 4.73. The zero-order valence-electron chi connectivity index (χ0n) is 11.4. The van der Waals surface area contributed by atoms with Gasteiger partial charge in [0.15, 0.2) is 0 Å². The average molecular weight is 263 g/mol. The van der Waals surface area contributed by atoms with Gasteiger partial charge in [-0.1, -0.05) is 43.0 Å². The highest BCUT2D eigenvalue weighted by Crippen LogP contribution is 2.26. The minimum absolute atomic E-state index is 0.0626. The first-order chi connectivity index (χ1) is 8.34. The van der Waals surface area contributed by atoms with Crippen LogP contribution in [0.15, 0.2) is 30.3 Å². The number of carbonyl (C=O) groups is 1. The van der Waals surface area contributed by atoms with E-state index in [2.05, 4.69) is 25.0 Å². The fraction of sp³-hybridized carbons (Fsp3) is 0.357. The van der Waals surface area contributed by atoms with E-state index in [0.29, 0.717) is 0 Å².